The van der Waals surface area contributed by atoms with Gasteiger partial charge in [-0.1, -0.05) is 62.6 Å². The summed E-state index contributed by atoms with van der Waals surface area (Å²) in [4.78, 5) is 41.5. The van der Waals surface area contributed by atoms with E-state index in [1.54, 1.807) is 0 Å². The van der Waals surface area contributed by atoms with Crippen molar-refractivity contribution < 1.29 is 41.7 Å². The molecule has 2 amide bonds. The van der Waals surface area contributed by atoms with Crippen molar-refractivity contribution in [3.63, 3.8) is 0 Å². The summed E-state index contributed by atoms with van der Waals surface area (Å²) in [6.07, 6.45) is 15.5. The molecule has 14 heteroatoms. The average molecular weight is 789 g/mol. The van der Waals surface area contributed by atoms with E-state index < -0.39 is 27.9 Å². The predicted octanol–water partition coefficient (Wildman–Crippen LogP) is 7.46. The minimum atomic E-state index is -3.45. The SMILES string of the molecule is COS(=O)(=O)CCCC[NH2+]c1ccc(Cl)cc1C(C)(C)C/C=C/C=C/C=C1/Nc2ccc(SO)cc2C1(C)CCCCCC(=O)ON1C(=O)CCC1=O. The van der Waals surface area contributed by atoms with E-state index in [9.17, 15) is 27.4 Å². The summed E-state index contributed by atoms with van der Waals surface area (Å²) >= 11 is 7.13. The second kappa shape index (κ2) is 19.2. The van der Waals surface area contributed by atoms with Crippen LogP contribution in [-0.2, 0) is 44.4 Å². The quantitative estimate of drug-likeness (QED) is 0.0308. The minimum absolute atomic E-state index is 0.00684. The number of amides is 2. The van der Waals surface area contributed by atoms with E-state index in [2.05, 4.69) is 47.7 Å². The van der Waals surface area contributed by atoms with Crippen LogP contribution in [0.1, 0.15) is 96.1 Å². The average Bonchev–Trinajstić information content (AvgIpc) is 3.59. The number of hydrogen-bond donors (Lipinski definition) is 3. The summed E-state index contributed by atoms with van der Waals surface area (Å²) in [6.45, 7) is 7.28. The first-order valence-corrected chi connectivity index (χ1v) is 20.7. The Labute approximate surface area is 322 Å². The van der Waals surface area contributed by atoms with Gasteiger partial charge < -0.3 is 20.0 Å². The molecular weight excluding hydrogens is 738 g/mol. The Morgan fingerprint density at radius 2 is 1.81 bits per heavy atom. The summed E-state index contributed by atoms with van der Waals surface area (Å²) in [5.74, 6) is -1.55. The highest BCUT2D eigenvalue weighted by Crippen LogP contribution is 2.48. The van der Waals surface area contributed by atoms with Gasteiger partial charge >= 0.3 is 5.97 Å². The first-order valence-electron chi connectivity index (χ1n) is 17.9. The number of allylic oxidation sites excluding steroid dienone is 6. The third-order valence-corrected chi connectivity index (χ3v) is 11.8. The van der Waals surface area contributed by atoms with E-state index in [1.807, 2.05) is 54.6 Å². The van der Waals surface area contributed by atoms with E-state index in [1.165, 1.54) is 7.11 Å². The van der Waals surface area contributed by atoms with E-state index in [0.717, 1.165) is 71.7 Å². The van der Waals surface area contributed by atoms with Crippen molar-refractivity contribution in [2.24, 2.45) is 0 Å². The fraction of sp³-hybridized carbons (Fsp3) is 0.462. The molecule has 2 aliphatic rings. The molecule has 1 saturated heterocycles. The van der Waals surface area contributed by atoms with Gasteiger partial charge in [0.2, 0.25) is 0 Å². The number of hydroxylamine groups is 2. The van der Waals surface area contributed by atoms with E-state index in [-0.39, 0.29) is 35.8 Å². The van der Waals surface area contributed by atoms with Crippen molar-refractivity contribution >= 4 is 62.9 Å². The van der Waals surface area contributed by atoms with Crippen LogP contribution in [0.15, 0.2) is 77.4 Å². The highest BCUT2D eigenvalue weighted by atomic mass is 35.5. The molecule has 0 aromatic heterocycles. The summed E-state index contributed by atoms with van der Waals surface area (Å²) < 4.78 is 37.5. The van der Waals surface area contributed by atoms with Gasteiger partial charge in [-0.3, -0.25) is 13.8 Å². The standard InChI is InChI=1S/C39H50ClN3O8S2/c1-38(2,30-26-28(40)16-18-32(30)41-24-12-13-25-53(48,49)50-4)22-10-6-5-8-14-34-39(3,31-27-29(52-47)17-19-33(31)42-34)23-11-7-9-15-37(46)51-43-35(44)20-21-36(43)45/h5-6,8,10,14,16-19,26-27,41-42,47H,7,9,11-13,15,20-25H2,1-4H3/p+1/b8-5+,10-6+,34-14+. The van der Waals surface area contributed by atoms with Crippen molar-refractivity contribution in [1.29, 1.82) is 0 Å². The Morgan fingerprint density at radius 1 is 1.06 bits per heavy atom. The summed E-state index contributed by atoms with van der Waals surface area (Å²) in [5, 5.41) is 6.96. The molecule has 1 unspecified atom stereocenters. The van der Waals surface area contributed by atoms with E-state index in [4.69, 9.17) is 16.4 Å². The summed E-state index contributed by atoms with van der Waals surface area (Å²) in [6, 6.07) is 11.8. The van der Waals surface area contributed by atoms with E-state index in [0.29, 0.717) is 35.0 Å². The number of nitrogens with zero attached hydrogens (tertiary/aromatic N) is 1. The van der Waals surface area contributed by atoms with E-state index >= 15 is 0 Å². The van der Waals surface area contributed by atoms with Crippen LogP contribution >= 0.6 is 23.6 Å². The lowest BCUT2D eigenvalue weighted by Crippen LogP contribution is -2.78. The highest BCUT2D eigenvalue weighted by Gasteiger charge is 2.38. The fourth-order valence-corrected chi connectivity index (χ4v) is 7.82. The first kappa shape index (κ1) is 42.3. The molecule has 2 aliphatic heterocycles. The fourth-order valence-electron chi connectivity index (χ4n) is 6.62. The molecule has 0 spiro atoms. The van der Waals surface area contributed by atoms with Crippen molar-refractivity contribution in [3.05, 3.63) is 88.6 Å². The molecule has 53 heavy (non-hydrogen) atoms. The van der Waals surface area contributed by atoms with Crippen LogP contribution < -0.4 is 10.6 Å². The number of unbranched alkanes of at least 4 members (excludes halogenated alkanes) is 3. The van der Waals surface area contributed by atoms with Crippen LogP contribution in [0.25, 0.3) is 0 Å². The van der Waals surface area contributed by atoms with Crippen LogP contribution in [0.2, 0.25) is 5.02 Å². The predicted molar refractivity (Wildman–Crippen MR) is 208 cm³/mol. The smallest absolute Gasteiger partial charge is 0.333 e. The zero-order chi connectivity index (χ0) is 38.6. The molecular formula is C39H51ClN3O8S2+. The number of carbonyl (C=O) groups is 3. The number of hydrogen-bond acceptors (Lipinski definition) is 10. The van der Waals surface area contributed by atoms with Gasteiger partial charge in [-0.15, -0.1) is 5.06 Å². The Balaban J connectivity index is 1.35. The van der Waals surface area contributed by atoms with Crippen LogP contribution in [-0.4, -0.2) is 55.2 Å². The molecule has 0 bridgehead atoms. The Kier molecular flexibility index (Phi) is 15.3. The Hall–Kier alpha value is -3.46. The van der Waals surface area contributed by atoms with Gasteiger partial charge in [-0.2, -0.15) is 8.42 Å². The number of imide groups is 1. The van der Waals surface area contributed by atoms with Gasteiger partial charge in [0, 0.05) is 69.7 Å². The lowest BCUT2D eigenvalue weighted by atomic mass is 9.77. The topological polar surface area (TPSA) is 156 Å². The van der Waals surface area contributed by atoms with Crippen LogP contribution in [0.3, 0.4) is 0 Å². The Morgan fingerprint density at radius 3 is 2.53 bits per heavy atom. The molecule has 2 aromatic rings. The molecule has 288 valence electrons. The maximum absolute atomic E-state index is 12.2. The van der Waals surface area contributed by atoms with Gasteiger partial charge in [0.1, 0.15) is 5.69 Å². The highest BCUT2D eigenvalue weighted by molar-refractivity contribution is 7.93. The largest absolute Gasteiger partial charge is 0.358 e. The molecule has 1 atom stereocenters. The van der Waals surface area contributed by atoms with Crippen molar-refractivity contribution in [3.8, 4) is 0 Å². The Bertz CT molecular complexity index is 1830. The third kappa shape index (κ3) is 11.8. The number of halogens is 1. The van der Waals surface area contributed by atoms with Crippen molar-refractivity contribution in [2.45, 2.75) is 101 Å². The second-order valence-corrected chi connectivity index (χ2v) is 17.2. The number of nitrogens with two attached hydrogens (primary N) is 1. The van der Waals surface area contributed by atoms with Gasteiger partial charge in [-0.05, 0) is 86.4 Å². The zero-order valence-electron chi connectivity index (χ0n) is 30.9. The maximum atomic E-state index is 12.2. The molecule has 11 nitrogen and oxygen atoms in total. The minimum Gasteiger partial charge on any atom is -0.358 e. The van der Waals surface area contributed by atoms with Crippen LogP contribution in [0.5, 0.6) is 0 Å². The molecule has 4 N–H and O–H groups in total. The van der Waals surface area contributed by atoms with Gasteiger partial charge in [0.25, 0.3) is 21.9 Å². The molecule has 1 fully saturated rings. The number of benzene rings is 2. The monoisotopic (exact) mass is 788 g/mol. The van der Waals surface area contributed by atoms with Crippen molar-refractivity contribution in [1.82, 2.24) is 5.06 Å². The first-order chi connectivity index (χ1) is 25.2. The molecule has 0 saturated carbocycles. The molecule has 4 rings (SSSR count). The zero-order valence-corrected chi connectivity index (χ0v) is 33.2. The van der Waals surface area contributed by atoms with Crippen LogP contribution in [0.4, 0.5) is 11.4 Å². The molecule has 0 radical (unpaired) electrons. The maximum Gasteiger partial charge on any atom is 0.333 e. The third-order valence-electron chi connectivity index (χ3n) is 9.77. The van der Waals surface area contributed by atoms with Gasteiger partial charge in [0.05, 0.1) is 19.4 Å². The number of carbonyl (C=O) groups excluding carboxylic acids is 3. The lowest BCUT2D eigenvalue weighted by Gasteiger charge is -2.27. The number of fused-ring (bicyclic) bond motifs is 1. The van der Waals surface area contributed by atoms with Crippen LogP contribution in [0, 0.1) is 0 Å². The normalized spacial score (nSPS) is 18.5. The molecule has 2 heterocycles. The van der Waals surface area contributed by atoms with Gasteiger partial charge in [0.15, 0.2) is 0 Å². The lowest BCUT2D eigenvalue weighted by molar-refractivity contribution is -0.572. The number of nitrogens with one attached hydrogen (secondary N) is 1. The van der Waals surface area contributed by atoms with Gasteiger partial charge in [-0.25, -0.2) is 4.79 Å². The molecule has 2 aromatic carbocycles. The number of quaternary nitrogens is 1. The summed E-state index contributed by atoms with van der Waals surface area (Å²) in [7, 11) is -2.26. The summed E-state index contributed by atoms with van der Waals surface area (Å²) in [5.41, 5.74) is 4.75. The number of anilines is 1. The number of rotatable bonds is 20. The second-order valence-electron chi connectivity index (χ2n) is 14.2. The van der Waals surface area contributed by atoms with Crippen molar-refractivity contribution in [2.75, 3.05) is 24.7 Å². The molecule has 0 aliphatic carbocycles.